The van der Waals surface area contributed by atoms with Crippen LogP contribution >= 0.6 is 11.6 Å². The van der Waals surface area contributed by atoms with Crippen LogP contribution in [0.2, 0.25) is 5.02 Å². The maximum atomic E-state index is 12.3. The first-order valence-corrected chi connectivity index (χ1v) is 7.97. The van der Waals surface area contributed by atoms with E-state index in [9.17, 15) is 15.2 Å². The molecule has 6 heteroatoms. The van der Waals surface area contributed by atoms with Crippen molar-refractivity contribution in [1.29, 1.82) is 5.26 Å². The second kappa shape index (κ2) is 8.22. The maximum absolute atomic E-state index is 12.3. The lowest BCUT2D eigenvalue weighted by Crippen LogP contribution is -2.14. The fraction of sp³-hybridized carbons (Fsp3) is 0.158. The van der Waals surface area contributed by atoms with E-state index >= 15 is 0 Å². The van der Waals surface area contributed by atoms with Crippen molar-refractivity contribution >= 4 is 29.3 Å². The van der Waals surface area contributed by atoms with Crippen molar-refractivity contribution in [2.24, 2.45) is 0 Å². The maximum Gasteiger partial charge on any atom is 0.266 e. The van der Waals surface area contributed by atoms with E-state index in [0.29, 0.717) is 28.6 Å². The summed E-state index contributed by atoms with van der Waals surface area (Å²) < 4.78 is 5.30. The molecule has 0 saturated carbocycles. The third-order valence-corrected chi connectivity index (χ3v) is 3.63. The number of rotatable bonds is 5. The Hall–Kier alpha value is -2.97. The second-order valence-corrected chi connectivity index (χ2v) is 5.68. The minimum atomic E-state index is -0.529. The summed E-state index contributed by atoms with van der Waals surface area (Å²) in [4.78, 5) is 12.3. The second-order valence-electron chi connectivity index (χ2n) is 5.24. The lowest BCUT2D eigenvalue weighted by molar-refractivity contribution is -0.112. The highest BCUT2D eigenvalue weighted by Gasteiger charge is 2.12. The topological polar surface area (TPSA) is 82.3 Å². The number of ether oxygens (including phenoxy) is 1. The number of anilines is 1. The molecular weight excluding hydrogens is 340 g/mol. The van der Waals surface area contributed by atoms with Crippen LogP contribution in [0.4, 0.5) is 5.69 Å². The molecule has 0 aromatic heterocycles. The molecule has 0 radical (unpaired) electrons. The van der Waals surface area contributed by atoms with E-state index in [1.54, 1.807) is 37.3 Å². The van der Waals surface area contributed by atoms with Gasteiger partial charge in [0.25, 0.3) is 5.91 Å². The van der Waals surface area contributed by atoms with Crippen LogP contribution in [-0.2, 0) is 4.79 Å². The number of nitriles is 1. The van der Waals surface area contributed by atoms with Crippen LogP contribution < -0.4 is 10.1 Å². The smallest absolute Gasteiger partial charge is 0.266 e. The van der Waals surface area contributed by atoms with Crippen LogP contribution in [0.5, 0.6) is 11.5 Å². The molecule has 2 aromatic rings. The third kappa shape index (κ3) is 4.75. The number of aryl methyl sites for hydroxylation is 1. The Balaban J connectivity index is 2.26. The standard InChI is InChI=1S/C19H17ClN2O3/c1-3-25-18-10-13(4-7-17(18)23)9-14(11-21)19(24)22-16-6-5-15(20)8-12(16)2/h4-10,23H,3H2,1-2H3,(H,22,24)/b14-9+. The highest BCUT2D eigenvalue weighted by molar-refractivity contribution is 6.30. The third-order valence-electron chi connectivity index (χ3n) is 3.40. The van der Waals surface area contributed by atoms with Crippen LogP contribution in [0.1, 0.15) is 18.1 Å². The fourth-order valence-corrected chi connectivity index (χ4v) is 2.39. The monoisotopic (exact) mass is 356 g/mol. The Morgan fingerprint density at radius 3 is 2.76 bits per heavy atom. The largest absolute Gasteiger partial charge is 0.504 e. The number of phenolic OH excluding ortho intramolecular Hbond substituents is 1. The normalized spacial score (nSPS) is 10.9. The molecule has 5 nitrogen and oxygen atoms in total. The summed E-state index contributed by atoms with van der Waals surface area (Å²) in [7, 11) is 0. The van der Waals surface area contributed by atoms with E-state index in [1.807, 2.05) is 13.0 Å². The van der Waals surface area contributed by atoms with Gasteiger partial charge in [-0.3, -0.25) is 4.79 Å². The Labute approximate surface area is 151 Å². The van der Waals surface area contributed by atoms with E-state index in [2.05, 4.69) is 5.32 Å². The van der Waals surface area contributed by atoms with Gasteiger partial charge in [0.1, 0.15) is 11.6 Å². The molecule has 0 spiro atoms. The minimum absolute atomic E-state index is 0.00116. The summed E-state index contributed by atoms with van der Waals surface area (Å²) in [6.07, 6.45) is 1.43. The van der Waals surface area contributed by atoms with Gasteiger partial charge in [-0.05, 0) is 61.4 Å². The Kier molecular flexibility index (Phi) is 6.04. The molecule has 0 aliphatic carbocycles. The van der Waals surface area contributed by atoms with Gasteiger partial charge in [0.05, 0.1) is 6.61 Å². The van der Waals surface area contributed by atoms with Crippen LogP contribution in [0, 0.1) is 18.3 Å². The zero-order valence-corrected chi connectivity index (χ0v) is 14.6. The van der Waals surface area contributed by atoms with Gasteiger partial charge < -0.3 is 15.2 Å². The zero-order chi connectivity index (χ0) is 18.4. The van der Waals surface area contributed by atoms with E-state index in [0.717, 1.165) is 5.56 Å². The molecule has 2 aromatic carbocycles. The van der Waals surface area contributed by atoms with Crippen LogP contribution in [0.15, 0.2) is 42.0 Å². The predicted octanol–water partition coefficient (Wildman–Crippen LogP) is 4.30. The average molecular weight is 357 g/mol. The molecule has 0 aliphatic rings. The van der Waals surface area contributed by atoms with Crippen molar-refractivity contribution in [3.05, 3.63) is 58.1 Å². The van der Waals surface area contributed by atoms with Gasteiger partial charge in [-0.1, -0.05) is 17.7 Å². The molecule has 0 unspecified atom stereocenters. The van der Waals surface area contributed by atoms with E-state index in [-0.39, 0.29) is 11.3 Å². The van der Waals surface area contributed by atoms with Crippen molar-refractivity contribution in [2.45, 2.75) is 13.8 Å². The molecule has 2 rings (SSSR count). The number of benzene rings is 2. The number of nitrogens with one attached hydrogen (secondary N) is 1. The first-order valence-electron chi connectivity index (χ1n) is 7.59. The van der Waals surface area contributed by atoms with E-state index < -0.39 is 5.91 Å². The van der Waals surface area contributed by atoms with Crippen molar-refractivity contribution in [1.82, 2.24) is 0 Å². The number of hydrogen-bond acceptors (Lipinski definition) is 4. The predicted molar refractivity (Wildman–Crippen MR) is 97.7 cm³/mol. The summed E-state index contributed by atoms with van der Waals surface area (Å²) in [6.45, 7) is 4.00. The molecule has 0 fully saturated rings. The van der Waals surface area contributed by atoms with Gasteiger partial charge in [-0.2, -0.15) is 5.26 Å². The Morgan fingerprint density at radius 2 is 2.12 bits per heavy atom. The van der Waals surface area contributed by atoms with Gasteiger partial charge in [-0.25, -0.2) is 0 Å². The van der Waals surface area contributed by atoms with Crippen molar-refractivity contribution in [3.8, 4) is 17.6 Å². The van der Waals surface area contributed by atoms with Crippen LogP contribution in [0.3, 0.4) is 0 Å². The number of halogens is 1. The number of amides is 1. The van der Waals surface area contributed by atoms with Gasteiger partial charge in [-0.15, -0.1) is 0 Å². The molecule has 0 heterocycles. The van der Waals surface area contributed by atoms with Crippen molar-refractivity contribution < 1.29 is 14.6 Å². The Bertz CT molecular complexity index is 869. The molecule has 0 bridgehead atoms. The van der Waals surface area contributed by atoms with E-state index in [1.165, 1.54) is 12.1 Å². The van der Waals surface area contributed by atoms with Crippen LogP contribution in [-0.4, -0.2) is 17.6 Å². The molecule has 0 aliphatic heterocycles. The summed E-state index contributed by atoms with van der Waals surface area (Å²) in [5, 5.41) is 22.3. The average Bonchev–Trinajstić information content (AvgIpc) is 2.58. The van der Waals surface area contributed by atoms with Gasteiger partial charge in [0.15, 0.2) is 11.5 Å². The summed E-state index contributed by atoms with van der Waals surface area (Å²) in [5.41, 5.74) is 1.88. The van der Waals surface area contributed by atoms with Crippen molar-refractivity contribution in [3.63, 3.8) is 0 Å². The number of aromatic hydroxyl groups is 1. The van der Waals surface area contributed by atoms with Gasteiger partial charge >= 0.3 is 0 Å². The number of carbonyl (C=O) groups is 1. The summed E-state index contributed by atoms with van der Waals surface area (Å²) in [6, 6.07) is 11.6. The number of carbonyl (C=O) groups excluding carboxylic acids is 1. The van der Waals surface area contributed by atoms with Crippen molar-refractivity contribution in [2.75, 3.05) is 11.9 Å². The Morgan fingerprint density at radius 1 is 1.36 bits per heavy atom. The first kappa shape index (κ1) is 18.4. The lowest BCUT2D eigenvalue weighted by atomic mass is 10.1. The highest BCUT2D eigenvalue weighted by atomic mass is 35.5. The minimum Gasteiger partial charge on any atom is -0.504 e. The lowest BCUT2D eigenvalue weighted by Gasteiger charge is -2.09. The SMILES string of the molecule is CCOc1cc(/C=C(\C#N)C(=O)Nc2ccc(Cl)cc2C)ccc1O. The highest BCUT2D eigenvalue weighted by Crippen LogP contribution is 2.28. The molecule has 2 N–H and O–H groups in total. The molecular formula is C19H17ClN2O3. The molecule has 25 heavy (non-hydrogen) atoms. The zero-order valence-electron chi connectivity index (χ0n) is 13.8. The summed E-state index contributed by atoms with van der Waals surface area (Å²) in [5.74, 6) is -0.236. The molecule has 128 valence electrons. The summed E-state index contributed by atoms with van der Waals surface area (Å²) >= 11 is 5.90. The van der Waals surface area contributed by atoms with Gasteiger partial charge in [0, 0.05) is 10.7 Å². The number of nitrogens with zero attached hydrogens (tertiary/aromatic N) is 1. The molecule has 0 atom stereocenters. The fourth-order valence-electron chi connectivity index (χ4n) is 2.16. The van der Waals surface area contributed by atoms with E-state index in [4.69, 9.17) is 16.3 Å². The van der Waals surface area contributed by atoms with Crippen LogP contribution in [0.25, 0.3) is 6.08 Å². The number of phenols is 1. The molecule has 1 amide bonds. The van der Waals surface area contributed by atoms with Gasteiger partial charge in [0.2, 0.25) is 0 Å². The number of hydrogen-bond donors (Lipinski definition) is 2. The molecule has 0 saturated heterocycles. The first-order chi connectivity index (χ1) is 11.9. The quantitative estimate of drug-likeness (QED) is 0.618.